The maximum Gasteiger partial charge on any atom is 1.00 e. The summed E-state index contributed by atoms with van der Waals surface area (Å²) in [7, 11) is -36.7. The van der Waals surface area contributed by atoms with Gasteiger partial charge in [-0.1, -0.05) is 327 Å². The molecule has 2 atom stereocenters. The van der Waals surface area contributed by atoms with Crippen LogP contribution in [0.1, 0.15) is 41.5 Å². The molecule has 0 saturated heterocycles. The van der Waals surface area contributed by atoms with E-state index >= 15 is 0 Å². The molecule has 0 aromatic heterocycles. The van der Waals surface area contributed by atoms with Gasteiger partial charge in [-0.05, 0) is 219 Å². The van der Waals surface area contributed by atoms with Gasteiger partial charge in [0.1, 0.15) is 0 Å². The Morgan fingerprint density at radius 2 is 0.507 bits per heavy atom. The molecular weight excluding hydrogens is 2050 g/mol. The Hall–Kier alpha value is -3.47. The Bertz CT molecular complexity index is 4690. The van der Waals surface area contributed by atoms with Crippen molar-refractivity contribution in [1.29, 1.82) is 0 Å². The first kappa shape index (κ1) is 135. The number of rotatable bonds is 47. The number of benzene rings is 9. The Labute approximate surface area is 891 Å². The molecule has 764 valence electrons. The van der Waals surface area contributed by atoms with Gasteiger partial charge in [0.05, 0.1) is 17.1 Å². The van der Waals surface area contributed by atoms with Crippen molar-refractivity contribution in [3.63, 3.8) is 0 Å². The van der Waals surface area contributed by atoms with E-state index in [4.69, 9.17) is 92.1 Å². The van der Waals surface area contributed by atoms with Crippen LogP contribution in [0, 0.1) is 0 Å². The number of hydrogen-bond donors (Lipinski definition) is 0. The zero-order valence-electron chi connectivity index (χ0n) is 91.0. The van der Waals surface area contributed by atoms with Gasteiger partial charge in [-0.3, -0.25) is 0 Å². The van der Waals surface area contributed by atoms with Crippen LogP contribution in [0.15, 0.2) is 310 Å². The Morgan fingerprint density at radius 1 is 0.250 bits per heavy atom. The molecule has 21 nitrogen and oxygen atoms in total. The van der Waals surface area contributed by atoms with E-state index in [9.17, 15) is 9.59 Å². The molecular formula is C99H165ClLi2O21Si17. The van der Waals surface area contributed by atoms with E-state index < -0.39 is 144 Å². The molecule has 0 fully saturated rings. The third-order valence-electron chi connectivity index (χ3n) is 20.3. The van der Waals surface area contributed by atoms with Crippen molar-refractivity contribution in [1.82, 2.24) is 0 Å². The minimum Gasteiger partial charge on any atom is -0.839 e. The molecule has 0 aliphatic carbocycles. The molecule has 0 heterocycles. The zero-order chi connectivity index (χ0) is 104. The van der Waals surface area contributed by atoms with Crippen LogP contribution in [-0.4, -0.2) is 205 Å². The molecule has 0 spiro atoms. The molecule has 9 aromatic rings. The van der Waals surface area contributed by atoms with Crippen LogP contribution in [-0.2, 0) is 81.0 Å². The van der Waals surface area contributed by atoms with Gasteiger partial charge in [0.25, 0.3) is 0 Å². The van der Waals surface area contributed by atoms with Gasteiger partial charge in [-0.25, -0.2) is 0 Å². The first-order valence-electron chi connectivity index (χ1n) is 47.3. The SMILES string of the molecule is C=C[Si](C)(C)O[Si](C)(C)O[Si](OCC)(OCC)OCC.C=C[Si](C)(C)O[Si](C)(C)[O-].C=C[Si](C)(C)O[Si](C)(C)[O-].CCO[Si](Cl)(OCC)OCC.CO[Si](C)(C)O[Si](C)(C)O[Si](C)(C)C.CO[Si](C)(O[Si](C)(O[Si](C)(C)c1ccccc1)c1ccccc1)c1ccccc1.CO[Si](O[Si](O[Si](C)(c1ccccc1)c1ccccc1)(c1ccccc1)c1ccccc1)(c1ccccc1)c1ccccc1.[Li+].[Li+]. The quantitative estimate of drug-likeness (QED) is 0.0255. The van der Waals surface area contributed by atoms with Crippen LogP contribution in [0.4, 0.5) is 0 Å². The molecule has 2 unspecified atom stereocenters. The summed E-state index contributed by atoms with van der Waals surface area (Å²) in [6.07, 6.45) is 0. The summed E-state index contributed by atoms with van der Waals surface area (Å²) in [5.74, 6) is 0. The molecule has 0 bridgehead atoms. The summed E-state index contributed by atoms with van der Waals surface area (Å²) in [4.78, 5) is 22.4. The second-order valence-electron chi connectivity index (χ2n) is 37.7. The van der Waals surface area contributed by atoms with E-state index in [0.717, 1.165) is 31.1 Å². The van der Waals surface area contributed by atoms with Crippen LogP contribution < -0.4 is 94.0 Å². The van der Waals surface area contributed by atoms with Crippen molar-refractivity contribution in [2.75, 3.05) is 61.0 Å². The van der Waals surface area contributed by atoms with Crippen LogP contribution in [0.5, 0.6) is 0 Å². The average Bonchev–Trinajstić information content (AvgIpc) is 0.720. The topological polar surface area (TPSA) is 221 Å². The van der Waals surface area contributed by atoms with Crippen molar-refractivity contribution in [2.24, 2.45) is 0 Å². The Morgan fingerprint density at radius 3 is 0.757 bits per heavy atom. The first-order valence-corrected chi connectivity index (χ1v) is 91.7. The van der Waals surface area contributed by atoms with Crippen molar-refractivity contribution >= 4 is 202 Å². The summed E-state index contributed by atoms with van der Waals surface area (Å²) < 4.78 is 116. The van der Waals surface area contributed by atoms with E-state index in [0.29, 0.717) is 39.6 Å². The third kappa shape index (κ3) is 47.6. The zero-order valence-corrected chi connectivity index (χ0v) is 109. The van der Waals surface area contributed by atoms with Crippen LogP contribution in [0.3, 0.4) is 0 Å². The standard InChI is InChI=1S/C38H36O3Si3.C23H30O3Si3.C12H30O5Si3.C8H24O3Si3.C6H15ClO3Si.2C6H15O2Si2.2Li/c1-39-43(35-25-13-5-14-26-35,36-27-15-6-16-28-36)41-44(37-29-17-7-18-30-37,38-31-19-8-20-32-38)40-42(2,33-21-9-3-10-22-33)34-23-11-4-12-24-34;1-24-28(4,22-17-11-7-12-18-22)26-29(5,23-19-13-8-14-20-23)25-27(2,3)21-15-9-6-10-16-21;1-9-13-20(14-10-2,15-11-3)17-19(7,8)16-18(5,6)12-4;1-9-13(5,6)11-14(7,8)10-12(2,3)4;1-4-8-11(7,9-5-2)10-6-3;2*1-6-9(2,3)8-10(4,5)7;;/h3-32H,1-2H3;6-20H,1-5H3;12H,4,9-11H2,1-3,5-8H3;1-8H3;4-6H2,1-3H3;2*6H,1H2,2-5H3;;/q;;;;;2*-1;2*+1. The van der Waals surface area contributed by atoms with Gasteiger partial charge >= 0.3 is 115 Å². The first-order chi connectivity index (χ1) is 64.2. The van der Waals surface area contributed by atoms with Gasteiger partial charge in [-0.2, -0.15) is 0 Å². The summed E-state index contributed by atoms with van der Waals surface area (Å²) in [5, 5.41) is 10.0. The van der Waals surface area contributed by atoms with Crippen LogP contribution in [0.25, 0.3) is 0 Å². The van der Waals surface area contributed by atoms with Gasteiger partial charge in [0.15, 0.2) is 33.3 Å². The summed E-state index contributed by atoms with van der Waals surface area (Å²) in [5.41, 5.74) is 5.48. The van der Waals surface area contributed by atoms with Crippen molar-refractivity contribution < 1.29 is 128 Å². The fourth-order valence-corrected chi connectivity index (χ4v) is 76.2. The second kappa shape index (κ2) is 62.2. The van der Waals surface area contributed by atoms with Crippen LogP contribution in [0.2, 0.25) is 157 Å². The molecule has 0 aliphatic rings. The summed E-state index contributed by atoms with van der Waals surface area (Å²) >= 11 is 5.91. The average molecular weight is 2220 g/mol. The summed E-state index contributed by atoms with van der Waals surface area (Å²) in [6, 6.07) is 94.4. The van der Waals surface area contributed by atoms with E-state index in [1.165, 1.54) is 15.6 Å². The van der Waals surface area contributed by atoms with E-state index in [-0.39, 0.29) is 37.7 Å². The normalized spacial score (nSPS) is 13.4. The number of hydrogen-bond acceptors (Lipinski definition) is 21. The van der Waals surface area contributed by atoms with Crippen molar-refractivity contribution in [2.45, 2.75) is 199 Å². The smallest absolute Gasteiger partial charge is 0.839 e. The molecule has 0 amide bonds. The van der Waals surface area contributed by atoms with Crippen molar-refractivity contribution in [3.8, 4) is 0 Å². The minimum atomic E-state index is -3.57. The maximum atomic E-state index is 11.2. The predicted octanol–water partition coefficient (Wildman–Crippen LogP) is 12.2. The van der Waals surface area contributed by atoms with Gasteiger partial charge in [-0.15, -0.1) is 19.7 Å². The molecule has 9 aromatic carbocycles. The maximum absolute atomic E-state index is 11.2. The largest absolute Gasteiger partial charge is 1.00 e. The molecule has 0 saturated carbocycles. The Balaban J connectivity index is 0.000000887. The van der Waals surface area contributed by atoms with Gasteiger partial charge < -0.3 is 90.6 Å². The van der Waals surface area contributed by atoms with Crippen molar-refractivity contribution in [3.05, 3.63) is 310 Å². The molecule has 9 rings (SSSR count). The predicted molar refractivity (Wildman–Crippen MR) is 611 cm³/mol. The monoisotopic (exact) mass is 2210 g/mol. The Kier molecular flexibility index (Phi) is 59.8. The van der Waals surface area contributed by atoms with Crippen LogP contribution >= 0.6 is 11.1 Å². The van der Waals surface area contributed by atoms with Gasteiger partial charge in [0.2, 0.25) is 16.6 Å². The molecule has 0 radical (unpaired) electrons. The molecule has 140 heavy (non-hydrogen) atoms. The van der Waals surface area contributed by atoms with E-state index in [2.05, 4.69) is 330 Å². The molecule has 0 N–H and O–H groups in total. The van der Waals surface area contributed by atoms with E-state index in [1.54, 1.807) is 58.9 Å². The molecule has 41 heteroatoms. The fourth-order valence-electron chi connectivity index (χ4n) is 14.6. The summed E-state index contributed by atoms with van der Waals surface area (Å²) in [6.45, 7) is 74.1. The second-order valence-corrected chi connectivity index (χ2v) is 97.8. The number of halogens is 1. The molecule has 0 aliphatic heterocycles. The van der Waals surface area contributed by atoms with E-state index in [1.807, 2.05) is 141 Å². The third-order valence-corrected chi connectivity index (χ3v) is 77.5. The fraction of sp³-hybridized carbons (Fsp3) is 0.394. The van der Waals surface area contributed by atoms with Gasteiger partial charge in [0, 0.05) is 61.0 Å². The minimum absolute atomic E-state index is 0.